The molecule has 0 saturated heterocycles. The van der Waals surface area contributed by atoms with Crippen LogP contribution in [-0.2, 0) is 30.6 Å². The Morgan fingerprint density at radius 1 is 1.37 bits per heavy atom. The van der Waals surface area contributed by atoms with E-state index >= 15 is 0 Å². The van der Waals surface area contributed by atoms with Gasteiger partial charge in [0.05, 0.1) is 0 Å². The Hall–Kier alpha value is -1.58. The van der Waals surface area contributed by atoms with E-state index in [4.69, 9.17) is 5.11 Å². The summed E-state index contributed by atoms with van der Waals surface area (Å²) in [6.45, 7) is 2.80. The molecule has 1 N–H and O–H groups in total. The lowest BCUT2D eigenvalue weighted by molar-refractivity contribution is -0.136. The lowest BCUT2D eigenvalue weighted by atomic mass is 9.93. The van der Waals surface area contributed by atoms with Crippen molar-refractivity contribution in [1.82, 2.24) is 4.57 Å². The highest BCUT2D eigenvalue weighted by Crippen LogP contribution is 2.21. The summed E-state index contributed by atoms with van der Waals surface area (Å²) in [4.78, 5) is 23.1. The molecule has 0 radical (unpaired) electrons. The van der Waals surface area contributed by atoms with Gasteiger partial charge in [0.2, 0.25) is 0 Å². The molecule has 0 atom stereocenters. The van der Waals surface area contributed by atoms with Crippen LogP contribution >= 0.6 is 0 Å². The summed E-state index contributed by atoms with van der Waals surface area (Å²) < 4.78 is 1.88. The molecule has 4 nitrogen and oxygen atoms in total. The number of pyridine rings is 1. The summed E-state index contributed by atoms with van der Waals surface area (Å²) >= 11 is 0. The molecule has 0 spiro atoms. The third-order valence-corrected chi connectivity index (χ3v) is 3.73. The number of fused-ring (bicyclic) bond motifs is 1. The largest absolute Gasteiger partial charge is 0.481 e. The van der Waals surface area contributed by atoms with Crippen LogP contribution in [0.2, 0.25) is 0 Å². The SMILES string of the molecule is CCCn1c2c(cc(CCC(=O)O)c1=O)CCCC2. The highest BCUT2D eigenvalue weighted by atomic mass is 16.4. The molecule has 2 rings (SSSR count). The third kappa shape index (κ3) is 3.06. The van der Waals surface area contributed by atoms with Crippen molar-refractivity contribution in [2.45, 2.75) is 58.4 Å². The Morgan fingerprint density at radius 2 is 2.11 bits per heavy atom. The second kappa shape index (κ2) is 6.04. The van der Waals surface area contributed by atoms with Gasteiger partial charge in [0.15, 0.2) is 0 Å². The molecule has 1 aliphatic carbocycles. The summed E-state index contributed by atoms with van der Waals surface area (Å²) in [6.07, 6.45) is 5.59. The second-order valence-corrected chi connectivity index (χ2v) is 5.20. The molecule has 104 valence electrons. The number of carboxylic acid groups (broad SMARTS) is 1. The molecule has 1 heterocycles. The highest BCUT2D eigenvalue weighted by molar-refractivity contribution is 5.67. The van der Waals surface area contributed by atoms with Crippen LogP contribution in [0.1, 0.15) is 49.4 Å². The predicted octanol–water partition coefficient (Wildman–Crippen LogP) is 2.15. The summed E-state index contributed by atoms with van der Waals surface area (Å²) in [7, 11) is 0. The number of aryl methyl sites for hydroxylation is 2. The van der Waals surface area contributed by atoms with Crippen molar-refractivity contribution in [2.24, 2.45) is 0 Å². The van der Waals surface area contributed by atoms with E-state index in [0.29, 0.717) is 12.0 Å². The molecular weight excluding hydrogens is 242 g/mol. The van der Waals surface area contributed by atoms with Gasteiger partial charge in [-0.05, 0) is 50.2 Å². The zero-order valence-corrected chi connectivity index (χ0v) is 11.4. The molecule has 1 aliphatic rings. The van der Waals surface area contributed by atoms with Crippen molar-refractivity contribution < 1.29 is 9.90 Å². The van der Waals surface area contributed by atoms with E-state index < -0.39 is 5.97 Å². The first-order chi connectivity index (χ1) is 9.13. The van der Waals surface area contributed by atoms with Gasteiger partial charge < -0.3 is 9.67 Å². The fraction of sp³-hybridized carbons (Fsp3) is 0.600. The zero-order valence-electron chi connectivity index (χ0n) is 11.4. The van der Waals surface area contributed by atoms with Crippen molar-refractivity contribution in [3.63, 3.8) is 0 Å². The molecule has 1 aromatic rings. The second-order valence-electron chi connectivity index (χ2n) is 5.20. The molecule has 0 saturated carbocycles. The first kappa shape index (κ1) is 13.8. The van der Waals surface area contributed by atoms with E-state index in [1.807, 2.05) is 10.6 Å². The van der Waals surface area contributed by atoms with Crippen LogP contribution in [0.3, 0.4) is 0 Å². The average molecular weight is 263 g/mol. The van der Waals surface area contributed by atoms with Gasteiger partial charge in [-0.3, -0.25) is 9.59 Å². The number of carboxylic acids is 1. The van der Waals surface area contributed by atoms with Gasteiger partial charge in [-0.25, -0.2) is 0 Å². The van der Waals surface area contributed by atoms with E-state index in [9.17, 15) is 9.59 Å². The summed E-state index contributed by atoms with van der Waals surface area (Å²) in [6, 6.07) is 1.95. The van der Waals surface area contributed by atoms with Gasteiger partial charge in [0.1, 0.15) is 0 Å². The first-order valence-electron chi connectivity index (χ1n) is 7.09. The number of aliphatic carboxylic acids is 1. The van der Waals surface area contributed by atoms with Gasteiger partial charge in [-0.1, -0.05) is 6.92 Å². The van der Waals surface area contributed by atoms with Crippen molar-refractivity contribution in [3.05, 3.63) is 33.2 Å². The van der Waals surface area contributed by atoms with E-state index in [0.717, 1.165) is 38.6 Å². The highest BCUT2D eigenvalue weighted by Gasteiger charge is 2.17. The van der Waals surface area contributed by atoms with Crippen LogP contribution in [0.15, 0.2) is 10.9 Å². The van der Waals surface area contributed by atoms with Gasteiger partial charge in [-0.2, -0.15) is 0 Å². The Kier molecular flexibility index (Phi) is 4.40. The van der Waals surface area contributed by atoms with Crippen LogP contribution in [0, 0.1) is 0 Å². The van der Waals surface area contributed by atoms with Crippen LogP contribution in [0.4, 0.5) is 0 Å². The van der Waals surface area contributed by atoms with Crippen molar-refractivity contribution >= 4 is 5.97 Å². The standard InChI is InChI=1S/C15H21NO3/c1-2-9-16-13-6-4-3-5-11(13)10-12(15(16)19)7-8-14(17)18/h10H,2-9H2,1H3,(H,17,18). The fourth-order valence-corrected chi connectivity index (χ4v) is 2.83. The number of nitrogens with zero attached hydrogens (tertiary/aromatic N) is 1. The molecule has 19 heavy (non-hydrogen) atoms. The molecule has 4 heteroatoms. The minimum atomic E-state index is -0.848. The molecule has 0 aliphatic heterocycles. The lowest BCUT2D eigenvalue weighted by Crippen LogP contribution is -2.30. The maximum atomic E-state index is 12.4. The average Bonchev–Trinajstić information content (AvgIpc) is 2.40. The van der Waals surface area contributed by atoms with Crippen LogP contribution in [0.25, 0.3) is 0 Å². The first-order valence-corrected chi connectivity index (χ1v) is 7.09. The topological polar surface area (TPSA) is 59.3 Å². The number of aromatic nitrogens is 1. The molecule has 0 amide bonds. The molecule has 0 unspecified atom stereocenters. The Bertz CT molecular complexity index is 531. The minimum absolute atomic E-state index is 0.0174. The molecule has 0 aromatic carbocycles. The Morgan fingerprint density at radius 3 is 2.79 bits per heavy atom. The number of rotatable bonds is 5. The normalized spacial score (nSPS) is 14.2. The lowest BCUT2D eigenvalue weighted by Gasteiger charge is -2.22. The van der Waals surface area contributed by atoms with Gasteiger partial charge in [0.25, 0.3) is 5.56 Å². The van der Waals surface area contributed by atoms with Gasteiger partial charge in [-0.15, -0.1) is 0 Å². The van der Waals surface area contributed by atoms with Crippen LogP contribution < -0.4 is 5.56 Å². The van der Waals surface area contributed by atoms with E-state index in [2.05, 4.69) is 6.92 Å². The summed E-state index contributed by atoms with van der Waals surface area (Å²) in [5.74, 6) is -0.848. The molecule has 1 aromatic heterocycles. The Labute approximate surface area is 113 Å². The summed E-state index contributed by atoms with van der Waals surface area (Å²) in [5, 5.41) is 8.77. The van der Waals surface area contributed by atoms with Crippen LogP contribution in [0.5, 0.6) is 0 Å². The van der Waals surface area contributed by atoms with E-state index in [-0.39, 0.29) is 12.0 Å². The molecule has 0 fully saturated rings. The Balaban J connectivity index is 2.41. The zero-order chi connectivity index (χ0) is 13.8. The maximum Gasteiger partial charge on any atom is 0.303 e. The van der Waals surface area contributed by atoms with Gasteiger partial charge in [0, 0.05) is 24.2 Å². The predicted molar refractivity (Wildman–Crippen MR) is 73.6 cm³/mol. The minimum Gasteiger partial charge on any atom is -0.481 e. The summed E-state index contributed by atoms with van der Waals surface area (Å²) in [5.41, 5.74) is 3.11. The van der Waals surface area contributed by atoms with Crippen molar-refractivity contribution in [3.8, 4) is 0 Å². The number of carbonyl (C=O) groups is 1. The fourth-order valence-electron chi connectivity index (χ4n) is 2.83. The molecular formula is C15H21NO3. The third-order valence-electron chi connectivity index (χ3n) is 3.73. The van der Waals surface area contributed by atoms with Crippen molar-refractivity contribution in [1.29, 1.82) is 0 Å². The number of hydrogen-bond acceptors (Lipinski definition) is 2. The quantitative estimate of drug-likeness (QED) is 0.885. The maximum absolute atomic E-state index is 12.4. The van der Waals surface area contributed by atoms with Gasteiger partial charge >= 0.3 is 5.97 Å². The van der Waals surface area contributed by atoms with Crippen molar-refractivity contribution in [2.75, 3.05) is 0 Å². The smallest absolute Gasteiger partial charge is 0.303 e. The molecule has 0 bridgehead atoms. The van der Waals surface area contributed by atoms with Crippen LogP contribution in [-0.4, -0.2) is 15.6 Å². The van der Waals surface area contributed by atoms with E-state index in [1.54, 1.807) is 0 Å². The number of hydrogen-bond donors (Lipinski definition) is 1. The monoisotopic (exact) mass is 263 g/mol. The van der Waals surface area contributed by atoms with E-state index in [1.165, 1.54) is 11.3 Å².